The second kappa shape index (κ2) is 10.2. The SMILES string of the molecule is CCCCCN1CCN(c2ccc3ncn(C(c4ccccc4)c4ccccc4)c3c2)CC1. The van der Waals surface area contributed by atoms with E-state index in [-0.39, 0.29) is 6.04 Å². The number of aromatic nitrogens is 2. The van der Waals surface area contributed by atoms with Crippen LogP contribution in [0.15, 0.2) is 85.2 Å². The van der Waals surface area contributed by atoms with Gasteiger partial charge in [0, 0.05) is 31.9 Å². The number of nitrogens with zero attached hydrogens (tertiary/aromatic N) is 4. The third-order valence-electron chi connectivity index (χ3n) is 6.88. The van der Waals surface area contributed by atoms with Crippen LogP contribution in [0, 0.1) is 0 Å². The fourth-order valence-electron chi connectivity index (χ4n) is 5.02. The summed E-state index contributed by atoms with van der Waals surface area (Å²) in [5, 5.41) is 0. The van der Waals surface area contributed by atoms with Crippen LogP contribution >= 0.6 is 0 Å². The van der Waals surface area contributed by atoms with Crippen molar-refractivity contribution < 1.29 is 0 Å². The van der Waals surface area contributed by atoms with Crippen LogP contribution in [-0.4, -0.2) is 47.2 Å². The van der Waals surface area contributed by atoms with Gasteiger partial charge in [-0.1, -0.05) is 80.4 Å². The molecule has 1 saturated heterocycles. The normalized spacial score (nSPS) is 14.9. The first-order valence-corrected chi connectivity index (χ1v) is 12.4. The zero-order valence-electron chi connectivity index (χ0n) is 19.6. The minimum absolute atomic E-state index is 0.100. The summed E-state index contributed by atoms with van der Waals surface area (Å²) in [7, 11) is 0. The Morgan fingerprint density at radius 3 is 2.09 bits per heavy atom. The highest BCUT2D eigenvalue weighted by atomic mass is 15.3. The number of fused-ring (bicyclic) bond motifs is 1. The standard InChI is InChI=1S/C29H34N4/c1-2-3-10-17-31-18-20-32(21-19-31)26-15-16-27-28(22-26)33(23-30-27)29(24-11-6-4-7-12-24)25-13-8-5-9-14-25/h4-9,11-16,22-23,29H,2-3,10,17-21H2,1H3. The molecule has 1 aromatic heterocycles. The van der Waals surface area contributed by atoms with Crippen molar-refractivity contribution in [3.63, 3.8) is 0 Å². The van der Waals surface area contributed by atoms with Gasteiger partial charge in [-0.2, -0.15) is 0 Å². The number of piperazine rings is 1. The lowest BCUT2D eigenvalue weighted by Crippen LogP contribution is -2.46. The van der Waals surface area contributed by atoms with E-state index >= 15 is 0 Å². The molecule has 0 atom stereocenters. The van der Waals surface area contributed by atoms with E-state index in [1.807, 2.05) is 6.33 Å². The van der Waals surface area contributed by atoms with Crippen LogP contribution in [0.4, 0.5) is 5.69 Å². The molecule has 33 heavy (non-hydrogen) atoms. The molecule has 0 unspecified atom stereocenters. The van der Waals surface area contributed by atoms with E-state index in [1.54, 1.807) is 0 Å². The van der Waals surface area contributed by atoms with Crippen molar-refractivity contribution in [2.45, 2.75) is 32.2 Å². The summed E-state index contributed by atoms with van der Waals surface area (Å²) in [5.41, 5.74) is 6.09. The number of unbranched alkanes of at least 4 members (excludes halogenated alkanes) is 2. The molecule has 0 aliphatic carbocycles. The van der Waals surface area contributed by atoms with Gasteiger partial charge in [0.25, 0.3) is 0 Å². The number of anilines is 1. The molecule has 4 nitrogen and oxygen atoms in total. The molecule has 0 spiro atoms. The van der Waals surface area contributed by atoms with Crippen LogP contribution in [0.3, 0.4) is 0 Å². The summed E-state index contributed by atoms with van der Waals surface area (Å²) < 4.78 is 2.34. The summed E-state index contributed by atoms with van der Waals surface area (Å²) in [4.78, 5) is 9.92. The quantitative estimate of drug-likeness (QED) is 0.316. The lowest BCUT2D eigenvalue weighted by atomic mass is 9.98. The largest absolute Gasteiger partial charge is 0.369 e. The Labute approximate surface area is 197 Å². The summed E-state index contributed by atoms with van der Waals surface area (Å²) in [6.45, 7) is 8.00. The van der Waals surface area contributed by atoms with Gasteiger partial charge in [0.05, 0.1) is 23.4 Å². The molecule has 0 N–H and O–H groups in total. The summed E-state index contributed by atoms with van der Waals surface area (Å²) >= 11 is 0. The fraction of sp³-hybridized carbons (Fsp3) is 0.345. The molecule has 0 saturated carbocycles. The molecule has 1 fully saturated rings. The predicted octanol–water partition coefficient (Wildman–Crippen LogP) is 5.99. The number of imidazole rings is 1. The Hall–Kier alpha value is -3.11. The number of rotatable bonds is 8. The molecule has 170 valence electrons. The van der Waals surface area contributed by atoms with Crippen molar-refractivity contribution in [1.29, 1.82) is 0 Å². The Morgan fingerprint density at radius 2 is 1.45 bits per heavy atom. The van der Waals surface area contributed by atoms with Crippen molar-refractivity contribution in [1.82, 2.24) is 14.5 Å². The number of hydrogen-bond acceptors (Lipinski definition) is 3. The average Bonchev–Trinajstić information content (AvgIpc) is 3.29. The molecule has 3 aromatic carbocycles. The zero-order chi connectivity index (χ0) is 22.5. The van der Waals surface area contributed by atoms with Crippen molar-refractivity contribution in [2.24, 2.45) is 0 Å². The topological polar surface area (TPSA) is 24.3 Å². The molecule has 4 aromatic rings. The predicted molar refractivity (Wildman–Crippen MR) is 138 cm³/mol. The third-order valence-corrected chi connectivity index (χ3v) is 6.88. The van der Waals surface area contributed by atoms with Gasteiger partial charge in [0.15, 0.2) is 0 Å². The van der Waals surface area contributed by atoms with E-state index in [1.165, 1.54) is 48.1 Å². The Morgan fingerprint density at radius 1 is 0.788 bits per heavy atom. The Bertz CT molecular complexity index is 1100. The van der Waals surface area contributed by atoms with Gasteiger partial charge in [-0.3, -0.25) is 4.90 Å². The molecule has 1 aliphatic heterocycles. The molecule has 4 heteroatoms. The van der Waals surface area contributed by atoms with Gasteiger partial charge < -0.3 is 9.47 Å². The number of benzene rings is 3. The first-order valence-electron chi connectivity index (χ1n) is 12.4. The molecule has 5 rings (SSSR count). The molecule has 0 radical (unpaired) electrons. The van der Waals surface area contributed by atoms with E-state index < -0.39 is 0 Å². The van der Waals surface area contributed by atoms with E-state index in [0.717, 1.165) is 31.7 Å². The van der Waals surface area contributed by atoms with Crippen LogP contribution in [0.2, 0.25) is 0 Å². The van der Waals surface area contributed by atoms with Crippen molar-refractivity contribution in [3.05, 3.63) is 96.3 Å². The summed E-state index contributed by atoms with van der Waals surface area (Å²) in [6.07, 6.45) is 5.96. The summed E-state index contributed by atoms with van der Waals surface area (Å²) in [5.74, 6) is 0. The Kier molecular flexibility index (Phi) is 6.73. The molecule has 2 heterocycles. The van der Waals surface area contributed by atoms with Crippen molar-refractivity contribution in [3.8, 4) is 0 Å². The van der Waals surface area contributed by atoms with Gasteiger partial charge in [0.2, 0.25) is 0 Å². The van der Waals surface area contributed by atoms with Crippen molar-refractivity contribution >= 4 is 16.7 Å². The zero-order valence-corrected chi connectivity index (χ0v) is 19.6. The monoisotopic (exact) mass is 438 g/mol. The molecule has 0 bridgehead atoms. The minimum Gasteiger partial charge on any atom is -0.369 e. The highest BCUT2D eigenvalue weighted by Crippen LogP contribution is 2.31. The maximum absolute atomic E-state index is 4.77. The number of hydrogen-bond donors (Lipinski definition) is 0. The van der Waals surface area contributed by atoms with Crippen LogP contribution in [-0.2, 0) is 0 Å². The highest BCUT2D eigenvalue weighted by Gasteiger charge is 2.21. The molecular weight excluding hydrogens is 404 g/mol. The van der Waals surface area contributed by atoms with E-state index in [4.69, 9.17) is 4.98 Å². The van der Waals surface area contributed by atoms with Gasteiger partial charge in [-0.25, -0.2) is 4.98 Å². The smallest absolute Gasteiger partial charge is 0.0966 e. The fourth-order valence-corrected chi connectivity index (χ4v) is 5.02. The third kappa shape index (κ3) is 4.81. The first kappa shape index (κ1) is 21.7. The van der Waals surface area contributed by atoms with Gasteiger partial charge in [-0.15, -0.1) is 0 Å². The van der Waals surface area contributed by atoms with Crippen molar-refractivity contribution in [2.75, 3.05) is 37.6 Å². The molecular formula is C29H34N4. The second-order valence-corrected chi connectivity index (χ2v) is 9.08. The average molecular weight is 439 g/mol. The lowest BCUT2D eigenvalue weighted by Gasteiger charge is -2.36. The summed E-state index contributed by atoms with van der Waals surface area (Å²) in [6, 6.07) is 28.4. The van der Waals surface area contributed by atoms with Crippen LogP contribution in [0.1, 0.15) is 43.4 Å². The van der Waals surface area contributed by atoms with E-state index in [2.05, 4.69) is 100 Å². The first-order chi connectivity index (χ1) is 16.3. The minimum atomic E-state index is 0.100. The lowest BCUT2D eigenvalue weighted by molar-refractivity contribution is 0.252. The Balaban J connectivity index is 1.43. The van der Waals surface area contributed by atoms with E-state index in [0.29, 0.717) is 0 Å². The van der Waals surface area contributed by atoms with Gasteiger partial charge in [0.1, 0.15) is 0 Å². The van der Waals surface area contributed by atoms with Crippen LogP contribution in [0.5, 0.6) is 0 Å². The highest BCUT2D eigenvalue weighted by molar-refractivity contribution is 5.80. The molecule has 0 amide bonds. The second-order valence-electron chi connectivity index (χ2n) is 9.08. The van der Waals surface area contributed by atoms with Gasteiger partial charge in [-0.05, 0) is 42.3 Å². The van der Waals surface area contributed by atoms with Crippen LogP contribution < -0.4 is 4.90 Å². The van der Waals surface area contributed by atoms with Crippen LogP contribution in [0.25, 0.3) is 11.0 Å². The maximum Gasteiger partial charge on any atom is 0.0966 e. The van der Waals surface area contributed by atoms with E-state index in [9.17, 15) is 0 Å². The maximum atomic E-state index is 4.77. The van der Waals surface area contributed by atoms with Gasteiger partial charge >= 0.3 is 0 Å². The molecule has 1 aliphatic rings.